The number of amides is 1. The van der Waals surface area contributed by atoms with Gasteiger partial charge in [-0.05, 0) is 38.0 Å². The third-order valence-corrected chi connectivity index (χ3v) is 3.16. The van der Waals surface area contributed by atoms with Gasteiger partial charge in [-0.25, -0.2) is 5.01 Å². The van der Waals surface area contributed by atoms with Crippen molar-refractivity contribution in [2.75, 3.05) is 5.01 Å². The van der Waals surface area contributed by atoms with E-state index in [4.69, 9.17) is 5.11 Å². The number of hydrogen-bond donors (Lipinski definition) is 1. The average Bonchev–Trinajstić information content (AvgIpc) is 2.62. The maximum Gasteiger partial charge on any atom is 0.303 e. The van der Waals surface area contributed by atoms with Crippen molar-refractivity contribution in [1.82, 2.24) is 0 Å². The molecule has 0 fully saturated rings. The van der Waals surface area contributed by atoms with E-state index >= 15 is 0 Å². The van der Waals surface area contributed by atoms with E-state index < -0.39 is 11.9 Å². The van der Waals surface area contributed by atoms with Crippen LogP contribution in [0.5, 0.6) is 0 Å². The molecule has 5 heteroatoms. The number of aliphatic carboxylic acids is 1. The lowest BCUT2D eigenvalue weighted by Gasteiger charge is -2.14. The van der Waals surface area contributed by atoms with Gasteiger partial charge in [0.15, 0.2) is 0 Å². The van der Waals surface area contributed by atoms with Crippen LogP contribution < -0.4 is 5.01 Å². The first-order valence-corrected chi connectivity index (χ1v) is 6.16. The van der Waals surface area contributed by atoms with Crippen molar-refractivity contribution in [2.24, 2.45) is 11.0 Å². The predicted molar refractivity (Wildman–Crippen MR) is 72.1 cm³/mol. The summed E-state index contributed by atoms with van der Waals surface area (Å²) in [6.45, 7) is 3.71. The number of anilines is 1. The molecule has 1 N–H and O–H groups in total. The van der Waals surface area contributed by atoms with Crippen LogP contribution in [0.4, 0.5) is 5.69 Å². The van der Waals surface area contributed by atoms with Crippen LogP contribution in [0.25, 0.3) is 0 Å². The van der Waals surface area contributed by atoms with Gasteiger partial charge in [0.05, 0.1) is 11.6 Å². The number of aryl methyl sites for hydroxylation is 1. The molecule has 100 valence electrons. The van der Waals surface area contributed by atoms with Gasteiger partial charge in [0.1, 0.15) is 0 Å². The lowest BCUT2D eigenvalue weighted by molar-refractivity contribution is -0.137. The Morgan fingerprint density at radius 2 is 2.16 bits per heavy atom. The van der Waals surface area contributed by atoms with Crippen LogP contribution >= 0.6 is 0 Å². The van der Waals surface area contributed by atoms with Crippen LogP contribution in [0.1, 0.15) is 25.3 Å². The highest BCUT2D eigenvalue weighted by molar-refractivity contribution is 6.14. The van der Waals surface area contributed by atoms with Gasteiger partial charge in [-0.15, -0.1) is 0 Å². The molecule has 0 radical (unpaired) electrons. The van der Waals surface area contributed by atoms with Crippen molar-refractivity contribution in [2.45, 2.75) is 26.7 Å². The largest absolute Gasteiger partial charge is 0.481 e. The van der Waals surface area contributed by atoms with Crippen molar-refractivity contribution >= 4 is 23.3 Å². The molecule has 0 saturated heterocycles. The molecule has 0 bridgehead atoms. The number of carboxylic acid groups (broad SMARTS) is 1. The molecule has 0 saturated carbocycles. The first-order chi connectivity index (χ1) is 8.99. The molecule has 1 aliphatic rings. The maximum absolute atomic E-state index is 12.3. The van der Waals surface area contributed by atoms with Crippen LogP contribution in [-0.2, 0) is 9.59 Å². The second-order valence-electron chi connectivity index (χ2n) is 4.72. The molecule has 0 spiro atoms. The third kappa shape index (κ3) is 2.81. The number of hydrogen-bond acceptors (Lipinski definition) is 3. The average molecular weight is 260 g/mol. The fraction of sp³-hybridized carbons (Fsp3) is 0.357. The Morgan fingerprint density at radius 1 is 1.42 bits per heavy atom. The molecule has 1 aliphatic heterocycles. The Morgan fingerprint density at radius 3 is 2.79 bits per heavy atom. The second kappa shape index (κ2) is 5.22. The summed E-state index contributed by atoms with van der Waals surface area (Å²) in [6, 6.07) is 7.52. The van der Waals surface area contributed by atoms with Gasteiger partial charge in [-0.3, -0.25) is 9.59 Å². The summed E-state index contributed by atoms with van der Waals surface area (Å²) in [7, 11) is 0. The standard InChI is InChI=1S/C14H16N2O3/c1-9-4-3-5-11(8-9)16-14(19)12(10(2)15-16)6-7-13(17)18/h3-5,8,12H,6-7H2,1-2H3,(H,17,18). The number of rotatable bonds is 4. The zero-order chi connectivity index (χ0) is 14.0. The molecule has 1 amide bonds. The molecule has 1 unspecified atom stereocenters. The molecular weight excluding hydrogens is 244 g/mol. The van der Waals surface area contributed by atoms with Crippen molar-refractivity contribution in [3.63, 3.8) is 0 Å². The van der Waals surface area contributed by atoms with Crippen LogP contribution in [0, 0.1) is 12.8 Å². The molecule has 19 heavy (non-hydrogen) atoms. The fourth-order valence-electron chi connectivity index (χ4n) is 2.15. The quantitative estimate of drug-likeness (QED) is 0.902. The van der Waals surface area contributed by atoms with Gasteiger partial charge >= 0.3 is 5.97 Å². The highest BCUT2D eigenvalue weighted by atomic mass is 16.4. The Labute approximate surface area is 111 Å². The van der Waals surface area contributed by atoms with E-state index in [0.29, 0.717) is 12.1 Å². The second-order valence-corrected chi connectivity index (χ2v) is 4.72. The first-order valence-electron chi connectivity index (χ1n) is 6.16. The van der Waals surface area contributed by atoms with E-state index in [1.165, 1.54) is 5.01 Å². The molecular formula is C14H16N2O3. The molecule has 0 aromatic heterocycles. The van der Waals surface area contributed by atoms with E-state index in [2.05, 4.69) is 5.10 Å². The Kier molecular flexibility index (Phi) is 3.64. The van der Waals surface area contributed by atoms with E-state index in [9.17, 15) is 9.59 Å². The van der Waals surface area contributed by atoms with Crippen LogP contribution in [0.3, 0.4) is 0 Å². The highest BCUT2D eigenvalue weighted by Crippen LogP contribution is 2.26. The normalized spacial score (nSPS) is 18.6. The maximum atomic E-state index is 12.3. The van der Waals surface area contributed by atoms with Gasteiger partial charge in [0, 0.05) is 12.1 Å². The minimum atomic E-state index is -0.894. The third-order valence-electron chi connectivity index (χ3n) is 3.16. The molecule has 1 aromatic rings. The highest BCUT2D eigenvalue weighted by Gasteiger charge is 2.34. The topological polar surface area (TPSA) is 70.0 Å². The summed E-state index contributed by atoms with van der Waals surface area (Å²) >= 11 is 0. The molecule has 1 heterocycles. The summed E-state index contributed by atoms with van der Waals surface area (Å²) in [5.41, 5.74) is 2.45. The fourth-order valence-corrected chi connectivity index (χ4v) is 2.15. The summed E-state index contributed by atoms with van der Waals surface area (Å²) in [6.07, 6.45) is 0.275. The summed E-state index contributed by atoms with van der Waals surface area (Å²) in [5.74, 6) is -1.46. The SMILES string of the molecule is CC1=NN(c2cccc(C)c2)C(=O)C1CCC(=O)O. The number of benzene rings is 1. The molecule has 2 rings (SSSR count). The van der Waals surface area contributed by atoms with E-state index in [1.54, 1.807) is 6.92 Å². The van der Waals surface area contributed by atoms with Crippen molar-refractivity contribution in [1.29, 1.82) is 0 Å². The minimum absolute atomic E-state index is 0.0229. The van der Waals surface area contributed by atoms with Crippen LogP contribution in [0.15, 0.2) is 29.4 Å². The van der Waals surface area contributed by atoms with Crippen LogP contribution in [-0.4, -0.2) is 22.7 Å². The lowest BCUT2D eigenvalue weighted by atomic mass is 9.98. The summed E-state index contributed by atoms with van der Waals surface area (Å²) in [5, 5.41) is 14.3. The molecule has 1 atom stereocenters. The van der Waals surface area contributed by atoms with Crippen molar-refractivity contribution in [3.8, 4) is 0 Å². The van der Waals surface area contributed by atoms with Crippen LogP contribution in [0.2, 0.25) is 0 Å². The summed E-state index contributed by atoms with van der Waals surface area (Å²) in [4.78, 5) is 22.9. The Bertz CT molecular complexity index is 551. The Hall–Kier alpha value is -2.17. The van der Waals surface area contributed by atoms with Gasteiger partial charge in [-0.2, -0.15) is 5.10 Å². The van der Waals surface area contributed by atoms with E-state index in [0.717, 1.165) is 11.3 Å². The van der Waals surface area contributed by atoms with E-state index in [1.807, 2.05) is 31.2 Å². The molecule has 5 nitrogen and oxygen atoms in total. The van der Waals surface area contributed by atoms with Gasteiger partial charge < -0.3 is 5.11 Å². The van der Waals surface area contributed by atoms with Gasteiger partial charge in [-0.1, -0.05) is 12.1 Å². The number of carboxylic acids is 1. The number of carbonyl (C=O) groups is 2. The van der Waals surface area contributed by atoms with E-state index in [-0.39, 0.29) is 12.3 Å². The number of hydrazone groups is 1. The minimum Gasteiger partial charge on any atom is -0.481 e. The summed E-state index contributed by atoms with van der Waals surface area (Å²) < 4.78 is 0. The predicted octanol–water partition coefficient (Wildman–Crippen LogP) is 2.20. The first kappa shape index (κ1) is 13.3. The Balaban J connectivity index is 2.18. The van der Waals surface area contributed by atoms with Crippen molar-refractivity contribution < 1.29 is 14.7 Å². The monoisotopic (exact) mass is 260 g/mol. The molecule has 1 aromatic carbocycles. The lowest BCUT2D eigenvalue weighted by Crippen LogP contribution is -2.27. The number of nitrogens with zero attached hydrogens (tertiary/aromatic N) is 2. The molecule has 0 aliphatic carbocycles. The smallest absolute Gasteiger partial charge is 0.303 e. The zero-order valence-electron chi connectivity index (χ0n) is 11.0. The van der Waals surface area contributed by atoms with Crippen molar-refractivity contribution in [3.05, 3.63) is 29.8 Å². The zero-order valence-corrected chi connectivity index (χ0v) is 11.0. The van der Waals surface area contributed by atoms with Gasteiger partial charge in [0.25, 0.3) is 5.91 Å². The number of carbonyl (C=O) groups excluding carboxylic acids is 1. The van der Waals surface area contributed by atoms with Gasteiger partial charge in [0.2, 0.25) is 0 Å².